The van der Waals surface area contributed by atoms with Crippen molar-refractivity contribution in [2.75, 3.05) is 6.54 Å². The first-order valence-electron chi connectivity index (χ1n) is 8.60. The van der Waals surface area contributed by atoms with E-state index in [1.54, 1.807) is 12.8 Å². The van der Waals surface area contributed by atoms with Gasteiger partial charge in [-0.1, -0.05) is 39.0 Å². The van der Waals surface area contributed by atoms with Gasteiger partial charge in [0.05, 0.1) is 0 Å². The number of rotatable bonds is 5. The summed E-state index contributed by atoms with van der Waals surface area (Å²) >= 11 is 0. The molecule has 0 aromatic heterocycles. The molecule has 0 spiro atoms. The van der Waals surface area contributed by atoms with Crippen LogP contribution < -0.4 is 5.32 Å². The summed E-state index contributed by atoms with van der Waals surface area (Å²) < 4.78 is 0. The molecule has 0 aromatic carbocycles. The first-order valence-corrected chi connectivity index (χ1v) is 8.60. The Bertz CT molecular complexity index is 258. The zero-order valence-electron chi connectivity index (χ0n) is 12.2. The highest BCUT2D eigenvalue weighted by Crippen LogP contribution is 2.44. The minimum absolute atomic E-state index is 0.904. The van der Waals surface area contributed by atoms with Gasteiger partial charge in [0.1, 0.15) is 0 Å². The third-order valence-corrected chi connectivity index (χ3v) is 5.97. The van der Waals surface area contributed by atoms with Crippen LogP contribution in [0.2, 0.25) is 0 Å². The summed E-state index contributed by atoms with van der Waals surface area (Å²) in [5.74, 6) is 4.23. The lowest BCUT2D eigenvalue weighted by molar-refractivity contribution is 0.158. The molecule has 0 aliphatic heterocycles. The zero-order valence-corrected chi connectivity index (χ0v) is 12.2. The van der Waals surface area contributed by atoms with Crippen molar-refractivity contribution in [1.29, 1.82) is 0 Å². The summed E-state index contributed by atoms with van der Waals surface area (Å²) in [6.45, 7) is 3.73. The largest absolute Gasteiger partial charge is 0.314 e. The standard InChI is InChI=1S/C17H31N/c1-2-13-5-3-6-14(11-13)17-8-4-7-15(17)12-18-16-9-10-16/h13-18H,2-12H2,1H3. The van der Waals surface area contributed by atoms with E-state index >= 15 is 0 Å². The predicted octanol–water partition coefficient (Wildman–Crippen LogP) is 4.37. The molecule has 1 heteroatoms. The van der Waals surface area contributed by atoms with Crippen molar-refractivity contribution in [2.45, 2.75) is 77.2 Å². The third kappa shape index (κ3) is 3.10. The van der Waals surface area contributed by atoms with Gasteiger partial charge in [0.15, 0.2) is 0 Å². The summed E-state index contributed by atoms with van der Waals surface area (Å²) in [4.78, 5) is 0. The molecule has 1 N–H and O–H groups in total. The number of nitrogens with one attached hydrogen (secondary N) is 1. The van der Waals surface area contributed by atoms with Crippen LogP contribution in [-0.2, 0) is 0 Å². The van der Waals surface area contributed by atoms with Crippen LogP contribution in [0.1, 0.15) is 71.1 Å². The number of hydrogen-bond donors (Lipinski definition) is 1. The molecule has 4 unspecified atom stereocenters. The Labute approximate surface area is 113 Å². The van der Waals surface area contributed by atoms with Gasteiger partial charge < -0.3 is 5.32 Å². The predicted molar refractivity (Wildman–Crippen MR) is 77.6 cm³/mol. The Morgan fingerprint density at radius 2 is 1.78 bits per heavy atom. The maximum atomic E-state index is 3.79. The molecule has 3 aliphatic rings. The van der Waals surface area contributed by atoms with Crippen LogP contribution in [0.4, 0.5) is 0 Å². The van der Waals surface area contributed by atoms with Crippen molar-refractivity contribution in [2.24, 2.45) is 23.7 Å². The second kappa shape index (κ2) is 5.94. The minimum Gasteiger partial charge on any atom is -0.314 e. The molecule has 0 heterocycles. The van der Waals surface area contributed by atoms with Gasteiger partial charge in [-0.2, -0.15) is 0 Å². The number of hydrogen-bond acceptors (Lipinski definition) is 1. The minimum atomic E-state index is 0.904. The van der Waals surface area contributed by atoms with Gasteiger partial charge in [-0.05, 0) is 62.3 Å². The van der Waals surface area contributed by atoms with Gasteiger partial charge in [-0.25, -0.2) is 0 Å². The molecule has 0 bridgehead atoms. The van der Waals surface area contributed by atoms with E-state index in [2.05, 4.69) is 12.2 Å². The fraction of sp³-hybridized carbons (Fsp3) is 1.00. The van der Waals surface area contributed by atoms with E-state index in [0.717, 1.165) is 29.7 Å². The molecule has 4 atom stereocenters. The average Bonchev–Trinajstić information content (AvgIpc) is 3.13. The average molecular weight is 249 g/mol. The van der Waals surface area contributed by atoms with Crippen molar-refractivity contribution in [3.8, 4) is 0 Å². The van der Waals surface area contributed by atoms with Gasteiger partial charge >= 0.3 is 0 Å². The van der Waals surface area contributed by atoms with E-state index in [-0.39, 0.29) is 0 Å². The molecular weight excluding hydrogens is 218 g/mol. The first-order chi connectivity index (χ1) is 8.86. The quantitative estimate of drug-likeness (QED) is 0.763. The molecule has 3 fully saturated rings. The maximum absolute atomic E-state index is 3.79. The molecule has 3 aliphatic carbocycles. The Morgan fingerprint density at radius 3 is 2.56 bits per heavy atom. The highest BCUT2D eigenvalue weighted by Gasteiger charge is 2.36. The summed E-state index contributed by atoms with van der Waals surface area (Å²) in [6.07, 6.45) is 15.0. The molecule has 0 radical (unpaired) electrons. The summed E-state index contributed by atoms with van der Waals surface area (Å²) in [5.41, 5.74) is 0. The molecular formula is C17H31N. The van der Waals surface area contributed by atoms with Crippen LogP contribution in [0.15, 0.2) is 0 Å². The Hall–Kier alpha value is -0.0400. The van der Waals surface area contributed by atoms with Gasteiger partial charge in [-0.3, -0.25) is 0 Å². The highest BCUT2D eigenvalue weighted by molar-refractivity contribution is 4.89. The summed E-state index contributed by atoms with van der Waals surface area (Å²) in [5, 5.41) is 3.79. The first kappa shape index (κ1) is 13.0. The van der Waals surface area contributed by atoms with Crippen LogP contribution in [0.3, 0.4) is 0 Å². The summed E-state index contributed by atoms with van der Waals surface area (Å²) in [6, 6.07) is 0.904. The molecule has 104 valence electrons. The van der Waals surface area contributed by atoms with Crippen LogP contribution in [-0.4, -0.2) is 12.6 Å². The van der Waals surface area contributed by atoms with Gasteiger partial charge in [0.25, 0.3) is 0 Å². The fourth-order valence-corrected chi connectivity index (χ4v) is 4.64. The second-order valence-corrected chi connectivity index (χ2v) is 7.24. The molecule has 18 heavy (non-hydrogen) atoms. The molecule has 3 saturated carbocycles. The highest BCUT2D eigenvalue weighted by atomic mass is 14.9. The molecule has 3 rings (SSSR count). The van der Waals surface area contributed by atoms with Crippen LogP contribution in [0.25, 0.3) is 0 Å². The van der Waals surface area contributed by atoms with Crippen molar-refractivity contribution >= 4 is 0 Å². The SMILES string of the molecule is CCC1CCCC(C2CCCC2CNC2CC2)C1. The van der Waals surface area contributed by atoms with Crippen LogP contribution in [0.5, 0.6) is 0 Å². The van der Waals surface area contributed by atoms with Crippen LogP contribution >= 0.6 is 0 Å². The van der Waals surface area contributed by atoms with Gasteiger partial charge in [0.2, 0.25) is 0 Å². The maximum Gasteiger partial charge on any atom is 0.00683 e. The Morgan fingerprint density at radius 1 is 0.944 bits per heavy atom. The lowest BCUT2D eigenvalue weighted by Gasteiger charge is -2.35. The normalized spacial score (nSPS) is 41.2. The van der Waals surface area contributed by atoms with E-state index < -0.39 is 0 Å². The monoisotopic (exact) mass is 249 g/mol. The van der Waals surface area contributed by atoms with E-state index in [4.69, 9.17) is 0 Å². The zero-order chi connectivity index (χ0) is 12.4. The fourth-order valence-electron chi connectivity index (χ4n) is 4.64. The molecule has 1 nitrogen and oxygen atoms in total. The summed E-state index contributed by atoms with van der Waals surface area (Å²) in [7, 11) is 0. The smallest absolute Gasteiger partial charge is 0.00683 e. The topological polar surface area (TPSA) is 12.0 Å². The van der Waals surface area contributed by atoms with Crippen molar-refractivity contribution in [3.05, 3.63) is 0 Å². The molecule has 0 amide bonds. The van der Waals surface area contributed by atoms with E-state index in [1.807, 2.05) is 0 Å². The van der Waals surface area contributed by atoms with Crippen molar-refractivity contribution in [3.63, 3.8) is 0 Å². The third-order valence-electron chi connectivity index (χ3n) is 5.97. The lowest BCUT2D eigenvalue weighted by Crippen LogP contribution is -2.32. The van der Waals surface area contributed by atoms with E-state index in [9.17, 15) is 0 Å². The second-order valence-electron chi connectivity index (χ2n) is 7.24. The van der Waals surface area contributed by atoms with Crippen molar-refractivity contribution in [1.82, 2.24) is 5.32 Å². The van der Waals surface area contributed by atoms with E-state index in [0.29, 0.717) is 0 Å². The molecule has 0 saturated heterocycles. The Kier molecular flexibility index (Phi) is 4.28. The van der Waals surface area contributed by atoms with Crippen LogP contribution in [0, 0.1) is 23.7 Å². The Balaban J connectivity index is 1.52. The lowest BCUT2D eigenvalue weighted by atomic mass is 9.71. The van der Waals surface area contributed by atoms with Gasteiger partial charge in [-0.15, -0.1) is 0 Å². The van der Waals surface area contributed by atoms with E-state index in [1.165, 1.54) is 57.9 Å². The van der Waals surface area contributed by atoms with Gasteiger partial charge in [0, 0.05) is 6.04 Å². The molecule has 0 aromatic rings. The van der Waals surface area contributed by atoms with Crippen molar-refractivity contribution < 1.29 is 0 Å².